The third-order valence-electron chi connectivity index (χ3n) is 4.08. The standard InChI is InChI=1S/C16H35N5/c1-5-6-7-8-18-16(17-3)19-13-15(2)14-21-11-9-20(4)10-12-21/h15H,5-14H2,1-4H3,(H2,17,18,19). The summed E-state index contributed by atoms with van der Waals surface area (Å²) in [6.45, 7) is 12.5. The van der Waals surface area contributed by atoms with Crippen molar-refractivity contribution in [3.8, 4) is 0 Å². The molecule has 0 aromatic carbocycles. The number of unbranched alkanes of at least 4 members (excludes halogenated alkanes) is 2. The molecule has 5 heteroatoms. The quantitative estimate of drug-likeness (QED) is 0.402. The molecule has 0 spiro atoms. The smallest absolute Gasteiger partial charge is 0.190 e. The maximum absolute atomic E-state index is 4.29. The van der Waals surface area contributed by atoms with Crippen LogP contribution in [0.4, 0.5) is 0 Å². The summed E-state index contributed by atoms with van der Waals surface area (Å²) in [5.74, 6) is 1.58. The van der Waals surface area contributed by atoms with Gasteiger partial charge in [0.15, 0.2) is 5.96 Å². The van der Waals surface area contributed by atoms with Crippen molar-refractivity contribution in [1.29, 1.82) is 0 Å². The van der Waals surface area contributed by atoms with Gasteiger partial charge in [-0.2, -0.15) is 0 Å². The number of hydrogen-bond acceptors (Lipinski definition) is 3. The predicted octanol–water partition coefficient (Wildman–Crippen LogP) is 1.23. The highest BCUT2D eigenvalue weighted by atomic mass is 15.2. The Kier molecular flexibility index (Phi) is 9.42. The van der Waals surface area contributed by atoms with E-state index in [1.807, 2.05) is 7.05 Å². The van der Waals surface area contributed by atoms with Gasteiger partial charge in [-0.1, -0.05) is 26.7 Å². The molecule has 1 fully saturated rings. The molecule has 1 rings (SSSR count). The molecular weight excluding hydrogens is 262 g/mol. The number of nitrogens with one attached hydrogen (secondary N) is 2. The minimum Gasteiger partial charge on any atom is -0.356 e. The second kappa shape index (κ2) is 10.9. The summed E-state index contributed by atoms with van der Waals surface area (Å²) in [5.41, 5.74) is 0. The second-order valence-electron chi connectivity index (χ2n) is 6.30. The maximum Gasteiger partial charge on any atom is 0.190 e. The molecule has 0 bridgehead atoms. The van der Waals surface area contributed by atoms with Crippen molar-refractivity contribution in [3.05, 3.63) is 0 Å². The van der Waals surface area contributed by atoms with E-state index in [1.54, 1.807) is 0 Å². The molecule has 1 atom stereocenters. The molecule has 124 valence electrons. The maximum atomic E-state index is 4.29. The molecule has 2 N–H and O–H groups in total. The summed E-state index contributed by atoms with van der Waals surface area (Å²) >= 11 is 0. The van der Waals surface area contributed by atoms with Crippen molar-refractivity contribution in [2.75, 3.05) is 59.9 Å². The van der Waals surface area contributed by atoms with E-state index in [0.717, 1.165) is 19.0 Å². The Hall–Kier alpha value is -0.810. The van der Waals surface area contributed by atoms with Gasteiger partial charge in [-0.25, -0.2) is 0 Å². The number of aliphatic imine (C=N–C) groups is 1. The molecule has 1 unspecified atom stereocenters. The van der Waals surface area contributed by atoms with Crippen LogP contribution in [0.2, 0.25) is 0 Å². The topological polar surface area (TPSA) is 42.9 Å². The largest absolute Gasteiger partial charge is 0.356 e. The van der Waals surface area contributed by atoms with Crippen LogP contribution in [0.1, 0.15) is 33.1 Å². The molecule has 1 aliphatic heterocycles. The van der Waals surface area contributed by atoms with Crippen molar-refractivity contribution < 1.29 is 0 Å². The highest BCUT2D eigenvalue weighted by Crippen LogP contribution is 2.03. The molecule has 0 aromatic rings. The van der Waals surface area contributed by atoms with Crippen molar-refractivity contribution >= 4 is 5.96 Å². The van der Waals surface area contributed by atoms with E-state index in [9.17, 15) is 0 Å². The molecule has 5 nitrogen and oxygen atoms in total. The predicted molar refractivity (Wildman–Crippen MR) is 92.0 cm³/mol. The molecule has 1 saturated heterocycles. The minimum atomic E-state index is 0.641. The summed E-state index contributed by atoms with van der Waals surface area (Å²) in [6, 6.07) is 0. The van der Waals surface area contributed by atoms with E-state index < -0.39 is 0 Å². The summed E-state index contributed by atoms with van der Waals surface area (Å²) in [5, 5.41) is 6.83. The third kappa shape index (κ3) is 8.27. The zero-order chi connectivity index (χ0) is 15.5. The molecule has 0 saturated carbocycles. The first-order valence-electron chi connectivity index (χ1n) is 8.51. The van der Waals surface area contributed by atoms with Crippen LogP contribution in [0.5, 0.6) is 0 Å². The number of guanidine groups is 1. The van der Waals surface area contributed by atoms with E-state index in [4.69, 9.17) is 0 Å². The second-order valence-corrected chi connectivity index (χ2v) is 6.30. The van der Waals surface area contributed by atoms with Crippen LogP contribution in [0.15, 0.2) is 4.99 Å². The number of likely N-dealkylation sites (N-methyl/N-ethyl adjacent to an activating group) is 1. The molecule has 1 heterocycles. The van der Waals surface area contributed by atoms with Gasteiger partial charge < -0.3 is 20.4 Å². The summed E-state index contributed by atoms with van der Waals surface area (Å²) in [6.07, 6.45) is 3.76. The highest BCUT2D eigenvalue weighted by molar-refractivity contribution is 5.79. The average molecular weight is 297 g/mol. The highest BCUT2D eigenvalue weighted by Gasteiger charge is 2.16. The normalized spacial score (nSPS) is 19.5. The first kappa shape index (κ1) is 18.2. The summed E-state index contributed by atoms with van der Waals surface area (Å²) in [4.78, 5) is 9.27. The number of rotatable bonds is 8. The van der Waals surface area contributed by atoms with Gasteiger partial charge >= 0.3 is 0 Å². The van der Waals surface area contributed by atoms with E-state index in [1.165, 1.54) is 52.0 Å². The first-order chi connectivity index (χ1) is 10.2. The van der Waals surface area contributed by atoms with Crippen LogP contribution in [0, 0.1) is 5.92 Å². The van der Waals surface area contributed by atoms with Crippen LogP contribution < -0.4 is 10.6 Å². The Morgan fingerprint density at radius 1 is 1.14 bits per heavy atom. The fraction of sp³-hybridized carbons (Fsp3) is 0.938. The Labute approximate surface area is 131 Å². The van der Waals surface area contributed by atoms with E-state index in [0.29, 0.717) is 5.92 Å². The summed E-state index contributed by atoms with van der Waals surface area (Å²) in [7, 11) is 4.05. The molecule has 0 aliphatic carbocycles. The zero-order valence-electron chi connectivity index (χ0n) is 14.5. The molecule has 0 amide bonds. The van der Waals surface area contributed by atoms with Gasteiger partial charge in [0.1, 0.15) is 0 Å². The van der Waals surface area contributed by atoms with E-state index in [-0.39, 0.29) is 0 Å². The zero-order valence-corrected chi connectivity index (χ0v) is 14.5. The van der Waals surface area contributed by atoms with Gasteiger partial charge in [-0.3, -0.25) is 4.99 Å². The third-order valence-corrected chi connectivity index (χ3v) is 4.08. The van der Waals surface area contributed by atoms with Crippen LogP contribution in [-0.4, -0.2) is 75.7 Å². The van der Waals surface area contributed by atoms with Crippen LogP contribution >= 0.6 is 0 Å². The monoisotopic (exact) mass is 297 g/mol. The number of hydrogen-bond donors (Lipinski definition) is 2. The molecular formula is C16H35N5. The first-order valence-corrected chi connectivity index (χ1v) is 8.51. The number of nitrogens with zero attached hydrogens (tertiary/aromatic N) is 3. The lowest BCUT2D eigenvalue weighted by molar-refractivity contribution is 0.139. The fourth-order valence-corrected chi connectivity index (χ4v) is 2.61. The lowest BCUT2D eigenvalue weighted by atomic mass is 10.1. The van der Waals surface area contributed by atoms with Gasteiger partial charge in [0.25, 0.3) is 0 Å². The molecule has 1 aliphatic rings. The molecule has 0 aromatic heterocycles. The SMILES string of the molecule is CCCCCNC(=NC)NCC(C)CN1CCN(C)CC1. The van der Waals surface area contributed by atoms with Crippen molar-refractivity contribution in [2.45, 2.75) is 33.1 Å². The van der Waals surface area contributed by atoms with Gasteiger partial charge in [0.2, 0.25) is 0 Å². The van der Waals surface area contributed by atoms with Gasteiger partial charge in [0, 0.05) is 52.9 Å². The van der Waals surface area contributed by atoms with E-state index in [2.05, 4.69) is 46.3 Å². The Morgan fingerprint density at radius 2 is 1.86 bits per heavy atom. The van der Waals surface area contributed by atoms with Gasteiger partial charge in [-0.15, -0.1) is 0 Å². The lowest BCUT2D eigenvalue weighted by Crippen LogP contribution is -2.47. The van der Waals surface area contributed by atoms with Crippen LogP contribution in [0.25, 0.3) is 0 Å². The number of piperazine rings is 1. The molecule has 21 heavy (non-hydrogen) atoms. The Bertz CT molecular complexity index is 284. The van der Waals surface area contributed by atoms with Gasteiger partial charge in [0.05, 0.1) is 0 Å². The average Bonchev–Trinajstić information content (AvgIpc) is 2.49. The molecule has 0 radical (unpaired) electrons. The van der Waals surface area contributed by atoms with Crippen molar-refractivity contribution in [3.63, 3.8) is 0 Å². The van der Waals surface area contributed by atoms with Gasteiger partial charge in [-0.05, 0) is 19.4 Å². The Morgan fingerprint density at radius 3 is 2.48 bits per heavy atom. The lowest BCUT2D eigenvalue weighted by Gasteiger charge is -2.34. The fourth-order valence-electron chi connectivity index (χ4n) is 2.61. The minimum absolute atomic E-state index is 0.641. The van der Waals surface area contributed by atoms with Crippen molar-refractivity contribution in [1.82, 2.24) is 20.4 Å². The Balaban J connectivity index is 2.14. The van der Waals surface area contributed by atoms with Crippen molar-refractivity contribution in [2.24, 2.45) is 10.9 Å². The van der Waals surface area contributed by atoms with Crippen LogP contribution in [-0.2, 0) is 0 Å². The van der Waals surface area contributed by atoms with E-state index >= 15 is 0 Å². The van der Waals surface area contributed by atoms with Crippen LogP contribution in [0.3, 0.4) is 0 Å². The summed E-state index contributed by atoms with van der Waals surface area (Å²) < 4.78 is 0.